The number of halogens is 1. The summed E-state index contributed by atoms with van der Waals surface area (Å²) in [7, 11) is 3.98. The van der Waals surface area contributed by atoms with Gasteiger partial charge in [-0.25, -0.2) is 0 Å². The number of likely N-dealkylation sites (N-methyl/N-ethyl adjacent to an activating group) is 1. The van der Waals surface area contributed by atoms with E-state index < -0.39 is 0 Å². The molecular formula is C13H21ClN2O2. The van der Waals surface area contributed by atoms with Crippen LogP contribution in [0.2, 0.25) is 5.22 Å². The molecule has 1 heterocycles. The molecule has 0 aromatic carbocycles. The number of hydrogen-bond donors (Lipinski definition) is 0. The number of amides is 1. The Morgan fingerprint density at radius 2 is 2.06 bits per heavy atom. The Morgan fingerprint density at radius 1 is 1.39 bits per heavy atom. The highest BCUT2D eigenvalue weighted by atomic mass is 35.5. The highest BCUT2D eigenvalue weighted by Crippen LogP contribution is 2.19. The lowest BCUT2D eigenvalue weighted by Crippen LogP contribution is -2.38. The van der Waals surface area contributed by atoms with Crippen LogP contribution in [0.4, 0.5) is 0 Å². The molecule has 0 bridgehead atoms. The minimum absolute atomic E-state index is 0.0655. The topological polar surface area (TPSA) is 36.7 Å². The summed E-state index contributed by atoms with van der Waals surface area (Å²) < 4.78 is 4.97. The van der Waals surface area contributed by atoms with Crippen molar-refractivity contribution in [3.05, 3.63) is 23.1 Å². The molecule has 0 unspecified atom stereocenters. The molecule has 0 N–H and O–H groups in total. The predicted octanol–water partition coefficient (Wildman–Crippen LogP) is 2.59. The maximum Gasteiger partial charge on any atom is 0.258 e. The van der Waals surface area contributed by atoms with Crippen molar-refractivity contribution in [2.75, 3.05) is 33.7 Å². The van der Waals surface area contributed by atoms with Crippen LogP contribution in [-0.2, 0) is 0 Å². The summed E-state index contributed by atoms with van der Waals surface area (Å²) >= 11 is 5.85. The summed E-state index contributed by atoms with van der Waals surface area (Å²) in [6.45, 7) is 6.41. The fraction of sp³-hybridized carbons (Fsp3) is 0.615. The monoisotopic (exact) mass is 272 g/mol. The summed E-state index contributed by atoms with van der Waals surface area (Å²) in [5, 5.41) is 0.165. The number of carbonyl (C=O) groups excluding carboxylic acids is 1. The van der Waals surface area contributed by atoms with Gasteiger partial charge in [-0.1, -0.05) is 13.8 Å². The van der Waals surface area contributed by atoms with Crippen LogP contribution in [0.15, 0.2) is 16.7 Å². The van der Waals surface area contributed by atoms with Crippen LogP contribution in [0.1, 0.15) is 24.2 Å². The molecule has 0 radical (unpaired) electrons. The van der Waals surface area contributed by atoms with Gasteiger partial charge in [0.15, 0.2) is 0 Å². The first kappa shape index (κ1) is 15.1. The van der Waals surface area contributed by atoms with Gasteiger partial charge in [-0.3, -0.25) is 4.79 Å². The maximum atomic E-state index is 12.3. The molecular weight excluding hydrogens is 252 g/mol. The van der Waals surface area contributed by atoms with Crippen LogP contribution in [0, 0.1) is 5.92 Å². The Kier molecular flexibility index (Phi) is 5.69. The summed E-state index contributed by atoms with van der Waals surface area (Å²) in [6, 6.07) is 1.62. The first-order valence-electron chi connectivity index (χ1n) is 6.08. The van der Waals surface area contributed by atoms with Crippen LogP contribution in [0.3, 0.4) is 0 Å². The summed E-state index contributed by atoms with van der Waals surface area (Å²) in [6.07, 6.45) is 1.44. The molecule has 1 aromatic rings. The van der Waals surface area contributed by atoms with E-state index in [1.165, 1.54) is 6.26 Å². The Balaban J connectivity index is 2.75. The quantitative estimate of drug-likeness (QED) is 0.799. The Hall–Kier alpha value is -1.00. The van der Waals surface area contributed by atoms with E-state index in [1.54, 1.807) is 6.07 Å². The Bertz CT molecular complexity index is 388. The SMILES string of the molecule is CC(C)CN(CCN(C)C)C(=O)c1ccoc1Cl. The number of rotatable bonds is 6. The molecule has 1 rings (SSSR count). The van der Waals surface area contributed by atoms with E-state index in [4.69, 9.17) is 16.0 Å². The van der Waals surface area contributed by atoms with E-state index in [0.717, 1.165) is 6.54 Å². The zero-order valence-electron chi connectivity index (χ0n) is 11.4. The summed E-state index contributed by atoms with van der Waals surface area (Å²) in [4.78, 5) is 16.2. The second kappa shape index (κ2) is 6.81. The van der Waals surface area contributed by atoms with E-state index in [-0.39, 0.29) is 11.1 Å². The molecule has 0 fully saturated rings. The van der Waals surface area contributed by atoms with Crippen molar-refractivity contribution in [1.29, 1.82) is 0 Å². The molecule has 0 aliphatic carbocycles. The minimum atomic E-state index is -0.0655. The smallest absolute Gasteiger partial charge is 0.258 e. The van der Waals surface area contributed by atoms with E-state index in [2.05, 4.69) is 18.7 Å². The molecule has 0 saturated carbocycles. The minimum Gasteiger partial charge on any atom is -0.452 e. The van der Waals surface area contributed by atoms with Gasteiger partial charge in [0.2, 0.25) is 5.22 Å². The normalized spacial score (nSPS) is 11.3. The van der Waals surface area contributed by atoms with E-state index >= 15 is 0 Å². The van der Waals surface area contributed by atoms with Gasteiger partial charge in [-0.2, -0.15) is 0 Å². The molecule has 1 amide bonds. The second-order valence-electron chi connectivity index (χ2n) is 5.06. The van der Waals surface area contributed by atoms with Crippen molar-refractivity contribution in [2.24, 2.45) is 5.92 Å². The van der Waals surface area contributed by atoms with E-state index in [1.807, 2.05) is 19.0 Å². The number of furan rings is 1. The molecule has 0 atom stereocenters. The summed E-state index contributed by atoms with van der Waals surface area (Å²) in [5.41, 5.74) is 0.441. The lowest BCUT2D eigenvalue weighted by Gasteiger charge is -2.25. The molecule has 0 saturated heterocycles. The van der Waals surface area contributed by atoms with Gasteiger partial charge in [-0.05, 0) is 37.7 Å². The zero-order chi connectivity index (χ0) is 13.7. The fourth-order valence-corrected chi connectivity index (χ4v) is 1.85. The van der Waals surface area contributed by atoms with Crippen LogP contribution in [0.25, 0.3) is 0 Å². The highest BCUT2D eigenvalue weighted by Gasteiger charge is 2.20. The summed E-state index contributed by atoms with van der Waals surface area (Å²) in [5.74, 6) is 0.353. The molecule has 18 heavy (non-hydrogen) atoms. The van der Waals surface area contributed by atoms with E-state index in [9.17, 15) is 4.79 Å². The molecule has 4 nitrogen and oxygen atoms in total. The number of nitrogens with zero attached hydrogens (tertiary/aromatic N) is 2. The van der Waals surface area contributed by atoms with Gasteiger partial charge in [0, 0.05) is 19.6 Å². The first-order chi connectivity index (χ1) is 8.41. The number of carbonyl (C=O) groups is 1. The van der Waals surface area contributed by atoms with Crippen molar-refractivity contribution in [2.45, 2.75) is 13.8 Å². The predicted molar refractivity (Wildman–Crippen MR) is 73.0 cm³/mol. The molecule has 0 spiro atoms. The molecule has 0 aliphatic rings. The average Bonchev–Trinajstić information content (AvgIpc) is 2.69. The Morgan fingerprint density at radius 3 is 2.50 bits per heavy atom. The van der Waals surface area contributed by atoms with Gasteiger partial charge in [0.05, 0.1) is 11.8 Å². The standard InChI is InChI=1S/C13H21ClN2O2/c1-10(2)9-16(7-6-15(3)4)13(17)11-5-8-18-12(11)14/h5,8,10H,6-7,9H2,1-4H3. The van der Waals surface area contributed by atoms with Crippen LogP contribution in [0.5, 0.6) is 0 Å². The third kappa shape index (κ3) is 4.35. The zero-order valence-corrected chi connectivity index (χ0v) is 12.2. The lowest BCUT2D eigenvalue weighted by molar-refractivity contribution is 0.0724. The van der Waals surface area contributed by atoms with Gasteiger partial charge < -0.3 is 14.2 Å². The van der Waals surface area contributed by atoms with Crippen LogP contribution < -0.4 is 0 Å². The highest BCUT2D eigenvalue weighted by molar-refractivity contribution is 6.32. The third-order valence-electron chi connectivity index (χ3n) is 2.54. The Labute approximate surface area is 113 Å². The van der Waals surface area contributed by atoms with Crippen LogP contribution >= 0.6 is 11.6 Å². The van der Waals surface area contributed by atoms with Gasteiger partial charge in [0.1, 0.15) is 0 Å². The van der Waals surface area contributed by atoms with Crippen molar-refractivity contribution < 1.29 is 9.21 Å². The van der Waals surface area contributed by atoms with Crippen molar-refractivity contribution in [3.63, 3.8) is 0 Å². The molecule has 102 valence electrons. The largest absolute Gasteiger partial charge is 0.452 e. The lowest BCUT2D eigenvalue weighted by atomic mass is 10.2. The van der Waals surface area contributed by atoms with E-state index in [0.29, 0.717) is 24.6 Å². The van der Waals surface area contributed by atoms with Crippen LogP contribution in [-0.4, -0.2) is 49.4 Å². The van der Waals surface area contributed by atoms with Gasteiger partial charge >= 0.3 is 0 Å². The average molecular weight is 273 g/mol. The van der Waals surface area contributed by atoms with Gasteiger partial charge in [-0.15, -0.1) is 0 Å². The molecule has 5 heteroatoms. The molecule has 0 aliphatic heterocycles. The number of hydrogen-bond acceptors (Lipinski definition) is 3. The van der Waals surface area contributed by atoms with Crippen molar-refractivity contribution in [3.8, 4) is 0 Å². The third-order valence-corrected chi connectivity index (χ3v) is 2.83. The van der Waals surface area contributed by atoms with Crippen molar-refractivity contribution >= 4 is 17.5 Å². The second-order valence-corrected chi connectivity index (χ2v) is 5.40. The maximum absolute atomic E-state index is 12.3. The fourth-order valence-electron chi connectivity index (χ4n) is 1.65. The van der Waals surface area contributed by atoms with Crippen molar-refractivity contribution in [1.82, 2.24) is 9.80 Å². The molecule has 1 aromatic heterocycles. The first-order valence-corrected chi connectivity index (χ1v) is 6.46. The van der Waals surface area contributed by atoms with Gasteiger partial charge in [0.25, 0.3) is 5.91 Å².